The highest BCUT2D eigenvalue weighted by molar-refractivity contribution is 6.77. The summed E-state index contributed by atoms with van der Waals surface area (Å²) in [6, 6.07) is 8.99. The smallest absolute Gasteiger partial charge is 0.131 e. The number of benzene rings is 1. The van der Waals surface area contributed by atoms with Gasteiger partial charge in [-0.2, -0.15) is 0 Å². The number of nitrogens with one attached hydrogen (secondary N) is 1. The molecule has 1 aromatic rings. The Morgan fingerprint density at radius 3 is 2.55 bits per heavy atom. The highest BCUT2D eigenvalue weighted by Crippen LogP contribution is 2.42. The summed E-state index contributed by atoms with van der Waals surface area (Å²) in [4.78, 5) is 3.94. The average molecular weight is 314 g/mol. The first-order valence-corrected chi connectivity index (χ1v) is 11.5. The molecule has 120 valence electrons. The molecule has 0 saturated carbocycles. The lowest BCUT2D eigenvalue weighted by Crippen LogP contribution is -2.57. The van der Waals surface area contributed by atoms with Gasteiger partial charge in [0, 0.05) is 11.1 Å². The van der Waals surface area contributed by atoms with Gasteiger partial charge in [-0.05, 0) is 56.7 Å². The molecule has 1 nitrogen and oxygen atoms in total. The molecule has 0 bridgehead atoms. The van der Waals surface area contributed by atoms with Crippen LogP contribution in [0.5, 0.6) is 0 Å². The van der Waals surface area contributed by atoms with E-state index >= 15 is 0 Å². The highest BCUT2D eigenvalue weighted by atomic mass is 28.3. The molecule has 0 heterocycles. The van der Waals surface area contributed by atoms with Crippen LogP contribution in [0.3, 0.4) is 0 Å². The van der Waals surface area contributed by atoms with Crippen LogP contribution in [0.4, 0.5) is 0 Å². The molecule has 2 heteroatoms. The van der Waals surface area contributed by atoms with Crippen molar-refractivity contribution in [2.45, 2.75) is 64.2 Å². The minimum atomic E-state index is -1.59. The molecule has 0 saturated heterocycles. The van der Waals surface area contributed by atoms with Gasteiger partial charge in [0.25, 0.3) is 0 Å². The molecule has 0 aromatic heterocycles. The Morgan fingerprint density at radius 2 is 1.91 bits per heavy atom. The predicted octanol–water partition coefficient (Wildman–Crippen LogP) is 5.66. The van der Waals surface area contributed by atoms with Crippen LogP contribution in [0.1, 0.15) is 56.7 Å². The maximum Gasteiger partial charge on any atom is 0.131 e. The van der Waals surface area contributed by atoms with Crippen molar-refractivity contribution >= 4 is 13.8 Å². The molecular formula is C20H31NSi. The zero-order valence-electron chi connectivity index (χ0n) is 14.9. The summed E-state index contributed by atoms with van der Waals surface area (Å²) < 4.78 is 0. The van der Waals surface area contributed by atoms with Crippen molar-refractivity contribution in [3.63, 3.8) is 0 Å². The molecule has 1 unspecified atom stereocenters. The van der Waals surface area contributed by atoms with Crippen LogP contribution in [-0.4, -0.2) is 13.8 Å². The summed E-state index contributed by atoms with van der Waals surface area (Å²) in [6.45, 7) is 15.6. The van der Waals surface area contributed by atoms with E-state index in [0.717, 1.165) is 6.42 Å². The van der Waals surface area contributed by atoms with Crippen LogP contribution >= 0.6 is 0 Å². The quantitative estimate of drug-likeness (QED) is 0.406. The lowest BCUT2D eigenvalue weighted by atomic mass is 10.0. The van der Waals surface area contributed by atoms with Crippen molar-refractivity contribution in [2.75, 3.05) is 0 Å². The highest BCUT2D eigenvalue weighted by Gasteiger charge is 2.38. The van der Waals surface area contributed by atoms with E-state index in [0.29, 0.717) is 5.54 Å². The van der Waals surface area contributed by atoms with E-state index in [1.807, 2.05) is 6.08 Å². The van der Waals surface area contributed by atoms with Crippen molar-refractivity contribution in [3.8, 4) is 0 Å². The normalized spacial score (nSPS) is 18.0. The number of unbranched alkanes of at least 4 members (excludes halogenated alkanes) is 1. The second kappa shape index (κ2) is 6.55. The van der Waals surface area contributed by atoms with Gasteiger partial charge in [-0.25, -0.2) is 0 Å². The van der Waals surface area contributed by atoms with E-state index in [9.17, 15) is 0 Å². The van der Waals surface area contributed by atoms with Crippen molar-refractivity contribution in [1.82, 2.24) is 4.98 Å². The van der Waals surface area contributed by atoms with Gasteiger partial charge in [-0.3, -0.25) is 0 Å². The van der Waals surface area contributed by atoms with Gasteiger partial charge in [0.05, 0.1) is 0 Å². The SMILES string of the molecule is C=CCCCC1=CC([Si](C)(C)NC(C)(C)C)c2ccccc21. The minimum absolute atomic E-state index is 0.171. The zero-order chi connectivity index (χ0) is 16.4. The average Bonchev–Trinajstić information content (AvgIpc) is 2.77. The summed E-state index contributed by atoms with van der Waals surface area (Å²) >= 11 is 0. The monoisotopic (exact) mass is 313 g/mol. The Labute approximate surface area is 137 Å². The number of rotatable bonds is 6. The molecule has 0 spiro atoms. The molecule has 22 heavy (non-hydrogen) atoms. The van der Waals surface area contributed by atoms with E-state index in [1.54, 1.807) is 5.57 Å². The Kier molecular flexibility index (Phi) is 5.13. The first-order valence-electron chi connectivity index (χ1n) is 8.45. The predicted molar refractivity (Wildman–Crippen MR) is 102 cm³/mol. The second-order valence-electron chi connectivity index (χ2n) is 8.03. The van der Waals surface area contributed by atoms with E-state index in [1.165, 1.54) is 24.0 Å². The van der Waals surface area contributed by atoms with Crippen molar-refractivity contribution < 1.29 is 0 Å². The molecule has 0 fully saturated rings. The number of hydrogen-bond acceptors (Lipinski definition) is 1. The zero-order valence-corrected chi connectivity index (χ0v) is 15.9. The summed E-state index contributed by atoms with van der Waals surface area (Å²) in [7, 11) is -1.59. The number of allylic oxidation sites excluding steroid dienone is 3. The van der Waals surface area contributed by atoms with Crippen LogP contribution in [0.25, 0.3) is 5.57 Å². The van der Waals surface area contributed by atoms with Crippen molar-refractivity contribution in [1.29, 1.82) is 0 Å². The Morgan fingerprint density at radius 1 is 1.23 bits per heavy atom. The van der Waals surface area contributed by atoms with Crippen molar-refractivity contribution in [3.05, 3.63) is 54.1 Å². The molecule has 2 rings (SSSR count). The fraction of sp³-hybridized carbons (Fsp3) is 0.500. The number of fused-ring (bicyclic) bond motifs is 1. The van der Waals surface area contributed by atoms with Crippen LogP contribution in [0.2, 0.25) is 13.1 Å². The lowest BCUT2D eigenvalue weighted by molar-refractivity contribution is 0.509. The third kappa shape index (κ3) is 3.99. The third-order valence-corrected chi connectivity index (χ3v) is 7.77. The van der Waals surface area contributed by atoms with Crippen LogP contribution in [0.15, 0.2) is 43.0 Å². The largest absolute Gasteiger partial charge is 0.332 e. The molecule has 1 N–H and O–H groups in total. The Bertz CT molecular complexity index is 563. The van der Waals surface area contributed by atoms with Crippen LogP contribution < -0.4 is 4.98 Å². The van der Waals surface area contributed by atoms with Crippen LogP contribution in [0, 0.1) is 0 Å². The van der Waals surface area contributed by atoms with Crippen molar-refractivity contribution in [2.24, 2.45) is 0 Å². The Balaban J connectivity index is 2.29. The van der Waals surface area contributed by atoms with E-state index in [2.05, 4.69) is 75.8 Å². The summed E-state index contributed by atoms with van der Waals surface area (Å²) in [5.74, 6) is 0. The molecule has 1 aromatic carbocycles. The molecule has 1 aliphatic carbocycles. The van der Waals surface area contributed by atoms with Gasteiger partial charge >= 0.3 is 0 Å². The standard InChI is InChI=1S/C20H31NSi/c1-7-8-9-12-16-15-19(18-14-11-10-13-17(16)18)22(5,6)21-20(2,3)4/h7,10-11,13-15,19,21H,1,8-9,12H2,2-6H3. The molecule has 1 atom stereocenters. The minimum Gasteiger partial charge on any atom is -0.332 e. The maximum atomic E-state index is 3.94. The van der Waals surface area contributed by atoms with Crippen LogP contribution in [-0.2, 0) is 0 Å². The first kappa shape index (κ1) is 17.2. The van der Waals surface area contributed by atoms with E-state index in [4.69, 9.17) is 0 Å². The second-order valence-corrected chi connectivity index (χ2v) is 12.3. The summed E-state index contributed by atoms with van der Waals surface area (Å²) in [6.07, 6.45) is 8.05. The first-order chi connectivity index (χ1) is 10.2. The van der Waals surface area contributed by atoms with Gasteiger partial charge in [-0.1, -0.05) is 49.5 Å². The molecule has 0 amide bonds. The third-order valence-electron chi connectivity index (χ3n) is 4.34. The molecule has 0 aliphatic heterocycles. The van der Waals surface area contributed by atoms with Gasteiger partial charge < -0.3 is 4.98 Å². The maximum absolute atomic E-state index is 3.94. The molecule has 1 aliphatic rings. The lowest BCUT2D eigenvalue weighted by Gasteiger charge is -2.37. The Hall–Kier alpha value is -1.12. The molecular weight excluding hydrogens is 282 g/mol. The fourth-order valence-electron chi connectivity index (χ4n) is 3.74. The summed E-state index contributed by atoms with van der Waals surface area (Å²) in [5.41, 5.74) is 5.29. The molecule has 0 radical (unpaired) electrons. The summed E-state index contributed by atoms with van der Waals surface area (Å²) in [5, 5.41) is 0. The van der Waals surface area contributed by atoms with Gasteiger partial charge in [0.1, 0.15) is 8.24 Å². The van der Waals surface area contributed by atoms with Gasteiger partial charge in [0.15, 0.2) is 0 Å². The van der Waals surface area contributed by atoms with Gasteiger partial charge in [0.2, 0.25) is 0 Å². The van der Waals surface area contributed by atoms with E-state index in [-0.39, 0.29) is 5.54 Å². The topological polar surface area (TPSA) is 12.0 Å². The van der Waals surface area contributed by atoms with Gasteiger partial charge in [-0.15, -0.1) is 6.58 Å². The van der Waals surface area contributed by atoms with E-state index < -0.39 is 8.24 Å². The number of hydrogen-bond donors (Lipinski definition) is 1. The fourth-order valence-corrected chi connectivity index (χ4v) is 7.47.